The highest BCUT2D eigenvalue weighted by atomic mass is 16.7. The number of hydrogen-bond acceptors (Lipinski definition) is 7. The molecule has 0 saturated heterocycles. The summed E-state index contributed by atoms with van der Waals surface area (Å²) in [5.74, 6) is 0.842. The van der Waals surface area contributed by atoms with E-state index in [1.54, 1.807) is 12.1 Å². The number of carbonyl (C=O) groups is 1. The van der Waals surface area contributed by atoms with Gasteiger partial charge in [0.1, 0.15) is 0 Å². The maximum atomic E-state index is 11.6. The minimum absolute atomic E-state index is 0.00605. The van der Waals surface area contributed by atoms with Crippen LogP contribution in [0.5, 0.6) is 17.2 Å². The first kappa shape index (κ1) is 17.2. The summed E-state index contributed by atoms with van der Waals surface area (Å²) in [5, 5.41) is 0. The molecule has 118 valence electrons. The minimum Gasteiger partial charge on any atom is -0.463 e. The molecule has 7 heteroatoms. The van der Waals surface area contributed by atoms with E-state index in [1.807, 2.05) is 0 Å². The Morgan fingerprint density at radius 1 is 0.857 bits per heavy atom. The predicted octanol–water partition coefficient (Wildman–Crippen LogP) is 1.84. The summed E-state index contributed by atoms with van der Waals surface area (Å²) in [6, 6.07) is 3.12. The van der Waals surface area contributed by atoms with Gasteiger partial charge < -0.3 is 28.4 Å². The zero-order valence-electron chi connectivity index (χ0n) is 12.6. The topological polar surface area (TPSA) is 72.5 Å². The van der Waals surface area contributed by atoms with Crippen LogP contribution in [0.25, 0.3) is 0 Å². The Morgan fingerprint density at radius 3 is 1.67 bits per heavy atom. The number of methoxy groups -OCH3 is 3. The molecule has 0 unspecified atom stereocenters. The fourth-order valence-electron chi connectivity index (χ4n) is 1.50. The number of rotatable bonds is 10. The average molecular weight is 300 g/mol. The lowest BCUT2D eigenvalue weighted by atomic mass is 10.1. The van der Waals surface area contributed by atoms with Crippen LogP contribution in [-0.2, 0) is 14.2 Å². The van der Waals surface area contributed by atoms with Gasteiger partial charge in [-0.3, -0.25) is 4.79 Å². The van der Waals surface area contributed by atoms with Crippen LogP contribution in [0, 0.1) is 0 Å². The normalized spacial score (nSPS) is 10.3. The van der Waals surface area contributed by atoms with Crippen molar-refractivity contribution < 1.29 is 33.2 Å². The summed E-state index contributed by atoms with van der Waals surface area (Å²) in [7, 11) is 4.48. The van der Waals surface area contributed by atoms with Gasteiger partial charge in [-0.2, -0.15) is 0 Å². The number of ether oxygens (including phenoxy) is 6. The van der Waals surface area contributed by atoms with Crippen LogP contribution in [0.3, 0.4) is 0 Å². The summed E-state index contributed by atoms with van der Waals surface area (Å²) in [6.45, 7) is 1.47. The lowest BCUT2D eigenvalue weighted by molar-refractivity contribution is 0.0217. The molecule has 0 aromatic heterocycles. The third kappa shape index (κ3) is 5.22. The predicted molar refractivity (Wildman–Crippen MR) is 74.0 cm³/mol. The van der Waals surface area contributed by atoms with E-state index in [4.69, 9.17) is 28.4 Å². The summed E-state index contributed by atoms with van der Waals surface area (Å²) in [5.41, 5.74) is 0.428. The van der Waals surface area contributed by atoms with Crippen LogP contribution in [0.4, 0.5) is 0 Å². The molecule has 0 N–H and O–H groups in total. The van der Waals surface area contributed by atoms with Gasteiger partial charge in [0, 0.05) is 26.9 Å². The quantitative estimate of drug-likeness (QED) is 0.482. The van der Waals surface area contributed by atoms with Crippen LogP contribution in [0.2, 0.25) is 0 Å². The molecule has 1 rings (SSSR count). The molecule has 0 bridgehead atoms. The molecule has 0 aliphatic carbocycles. The SMILES string of the molecule is COCOc1cc(C(C)=O)cc(OCOC)c1OCOC. The van der Waals surface area contributed by atoms with Crippen molar-refractivity contribution in [2.24, 2.45) is 0 Å². The largest absolute Gasteiger partial charge is 0.463 e. The fourth-order valence-corrected chi connectivity index (χ4v) is 1.50. The Morgan fingerprint density at radius 2 is 1.29 bits per heavy atom. The summed E-state index contributed by atoms with van der Waals surface area (Å²) in [4.78, 5) is 11.6. The van der Waals surface area contributed by atoms with Gasteiger partial charge >= 0.3 is 0 Å². The van der Waals surface area contributed by atoms with Gasteiger partial charge in [0.15, 0.2) is 37.7 Å². The van der Waals surface area contributed by atoms with Crippen molar-refractivity contribution in [1.29, 1.82) is 0 Å². The van der Waals surface area contributed by atoms with E-state index in [0.29, 0.717) is 22.8 Å². The summed E-state index contributed by atoms with van der Waals surface area (Å²) < 4.78 is 30.9. The van der Waals surface area contributed by atoms with Gasteiger partial charge in [-0.1, -0.05) is 0 Å². The number of ketones is 1. The smallest absolute Gasteiger partial charge is 0.206 e. The second-order valence-electron chi connectivity index (χ2n) is 4.01. The molecule has 0 aliphatic rings. The fraction of sp³-hybridized carbons (Fsp3) is 0.500. The molecule has 0 atom stereocenters. The molecule has 0 saturated carbocycles. The highest BCUT2D eigenvalue weighted by Crippen LogP contribution is 2.39. The molecule has 1 aromatic carbocycles. The van der Waals surface area contributed by atoms with Crippen LogP contribution in [-0.4, -0.2) is 47.5 Å². The van der Waals surface area contributed by atoms with Crippen molar-refractivity contribution in [1.82, 2.24) is 0 Å². The maximum Gasteiger partial charge on any atom is 0.206 e. The third-order valence-corrected chi connectivity index (χ3v) is 2.41. The van der Waals surface area contributed by atoms with E-state index in [2.05, 4.69) is 0 Å². The van der Waals surface area contributed by atoms with Crippen LogP contribution >= 0.6 is 0 Å². The van der Waals surface area contributed by atoms with E-state index in [-0.39, 0.29) is 26.2 Å². The number of Topliss-reactive ketones (excluding diaryl/α,β-unsaturated/α-hetero) is 1. The average Bonchev–Trinajstić information content (AvgIpc) is 2.48. The molecule has 0 radical (unpaired) electrons. The number of hydrogen-bond donors (Lipinski definition) is 0. The van der Waals surface area contributed by atoms with Crippen molar-refractivity contribution >= 4 is 5.78 Å². The van der Waals surface area contributed by atoms with E-state index >= 15 is 0 Å². The number of benzene rings is 1. The highest BCUT2D eigenvalue weighted by molar-refractivity contribution is 5.95. The summed E-state index contributed by atoms with van der Waals surface area (Å²) >= 11 is 0. The second-order valence-corrected chi connectivity index (χ2v) is 4.01. The van der Waals surface area contributed by atoms with Crippen LogP contribution in [0.15, 0.2) is 12.1 Å². The molecule has 0 heterocycles. The van der Waals surface area contributed by atoms with Gasteiger partial charge in [0.25, 0.3) is 0 Å². The zero-order chi connectivity index (χ0) is 15.7. The molecule has 21 heavy (non-hydrogen) atoms. The van der Waals surface area contributed by atoms with Crippen molar-refractivity contribution in [2.45, 2.75) is 6.92 Å². The standard InChI is InChI=1S/C14H20O7/c1-10(15)11-5-12(19-7-16-2)14(21-9-18-4)13(6-11)20-8-17-3/h5-6H,7-9H2,1-4H3. The lowest BCUT2D eigenvalue weighted by Gasteiger charge is -2.17. The van der Waals surface area contributed by atoms with Gasteiger partial charge in [-0.15, -0.1) is 0 Å². The van der Waals surface area contributed by atoms with E-state index in [1.165, 1.54) is 28.3 Å². The molecule has 0 aliphatic heterocycles. The van der Waals surface area contributed by atoms with E-state index in [9.17, 15) is 4.79 Å². The monoisotopic (exact) mass is 300 g/mol. The molecule has 0 amide bonds. The number of carbonyl (C=O) groups excluding carboxylic acids is 1. The highest BCUT2D eigenvalue weighted by Gasteiger charge is 2.17. The Balaban J connectivity index is 3.18. The maximum absolute atomic E-state index is 11.6. The Bertz CT molecular complexity index is 430. The summed E-state index contributed by atoms with van der Waals surface area (Å²) in [6.07, 6.45) is 0. The van der Waals surface area contributed by atoms with Gasteiger partial charge in [-0.25, -0.2) is 0 Å². The van der Waals surface area contributed by atoms with E-state index < -0.39 is 0 Å². The Hall–Kier alpha value is -1.83. The van der Waals surface area contributed by atoms with Gasteiger partial charge in [0.05, 0.1) is 0 Å². The van der Waals surface area contributed by atoms with Crippen LogP contribution < -0.4 is 14.2 Å². The van der Waals surface area contributed by atoms with Crippen molar-refractivity contribution in [3.63, 3.8) is 0 Å². The third-order valence-electron chi connectivity index (χ3n) is 2.41. The molecule has 1 aromatic rings. The molecule has 0 fully saturated rings. The van der Waals surface area contributed by atoms with Gasteiger partial charge in [-0.05, 0) is 19.1 Å². The Kier molecular flexibility index (Phi) is 7.52. The van der Waals surface area contributed by atoms with Crippen molar-refractivity contribution in [3.05, 3.63) is 17.7 Å². The van der Waals surface area contributed by atoms with E-state index in [0.717, 1.165) is 0 Å². The molecule has 7 nitrogen and oxygen atoms in total. The zero-order valence-corrected chi connectivity index (χ0v) is 12.6. The molecular formula is C14H20O7. The Labute approximate surface area is 123 Å². The lowest BCUT2D eigenvalue weighted by Crippen LogP contribution is -2.09. The van der Waals surface area contributed by atoms with Crippen molar-refractivity contribution in [2.75, 3.05) is 41.7 Å². The van der Waals surface area contributed by atoms with Crippen LogP contribution in [0.1, 0.15) is 17.3 Å². The first-order valence-corrected chi connectivity index (χ1v) is 6.18. The first-order valence-electron chi connectivity index (χ1n) is 6.18. The second kappa shape index (κ2) is 9.17. The molecular weight excluding hydrogens is 280 g/mol. The minimum atomic E-state index is -0.127. The van der Waals surface area contributed by atoms with Crippen molar-refractivity contribution in [3.8, 4) is 17.2 Å². The first-order chi connectivity index (χ1) is 10.1. The molecule has 0 spiro atoms. The van der Waals surface area contributed by atoms with Gasteiger partial charge in [0.2, 0.25) is 5.75 Å².